The van der Waals surface area contributed by atoms with E-state index in [1.54, 1.807) is 0 Å². The van der Waals surface area contributed by atoms with E-state index in [1.165, 1.54) is 6.11 Å². The molecule has 0 amide bonds. The van der Waals surface area contributed by atoms with Crippen molar-refractivity contribution >= 4 is 10.9 Å². The Morgan fingerprint density at radius 1 is 1.22 bits per heavy atom. The van der Waals surface area contributed by atoms with Gasteiger partial charge < -0.3 is 14.6 Å². The second kappa shape index (κ2) is 5.28. The van der Waals surface area contributed by atoms with Crippen LogP contribution in [0.2, 0.25) is 0 Å². The highest BCUT2D eigenvalue weighted by molar-refractivity contribution is 5.88. The van der Waals surface area contributed by atoms with E-state index in [0.29, 0.717) is 13.2 Å². The molecular formula is C14H13NO3. The summed E-state index contributed by atoms with van der Waals surface area (Å²) < 4.78 is 11.1. The smallest absolute Gasteiger partial charge is 0.170 e. The number of rotatable bonds is 0. The van der Waals surface area contributed by atoms with Crippen LogP contribution in [0.1, 0.15) is 5.69 Å². The summed E-state index contributed by atoms with van der Waals surface area (Å²) in [5, 5.41) is 8.12. The number of aryl methyl sites for hydroxylation is 1. The first-order chi connectivity index (χ1) is 8.76. The SMILES string of the molecule is C#CO.Cc1ccc2c3c(ccc2n1)OCCO3. The topological polar surface area (TPSA) is 51.6 Å². The third-order valence-corrected chi connectivity index (χ3v) is 2.51. The van der Waals surface area contributed by atoms with Crippen molar-refractivity contribution in [2.75, 3.05) is 13.2 Å². The minimum Gasteiger partial charge on any atom is -0.486 e. The lowest BCUT2D eigenvalue weighted by atomic mass is 10.1. The lowest BCUT2D eigenvalue weighted by Crippen LogP contribution is -2.15. The lowest BCUT2D eigenvalue weighted by Gasteiger charge is -2.19. The van der Waals surface area contributed by atoms with Crippen molar-refractivity contribution in [3.63, 3.8) is 0 Å². The number of nitrogens with zero attached hydrogens (tertiary/aromatic N) is 1. The first-order valence-corrected chi connectivity index (χ1v) is 5.52. The van der Waals surface area contributed by atoms with Gasteiger partial charge in [0.15, 0.2) is 11.5 Å². The van der Waals surface area contributed by atoms with Gasteiger partial charge in [0.2, 0.25) is 0 Å². The summed E-state index contributed by atoms with van der Waals surface area (Å²) >= 11 is 0. The van der Waals surface area contributed by atoms with Gasteiger partial charge in [-0.25, -0.2) is 0 Å². The minimum absolute atomic E-state index is 0.611. The normalized spacial score (nSPS) is 12.2. The predicted molar refractivity (Wildman–Crippen MR) is 68.2 cm³/mol. The van der Waals surface area contributed by atoms with E-state index in [0.717, 1.165) is 28.1 Å². The Balaban J connectivity index is 0.000000367. The summed E-state index contributed by atoms with van der Waals surface area (Å²) in [7, 11) is 0. The molecule has 1 N–H and O–H groups in total. The Labute approximate surface area is 105 Å². The second-order valence-electron chi connectivity index (χ2n) is 3.74. The van der Waals surface area contributed by atoms with Crippen molar-refractivity contribution in [1.82, 2.24) is 4.98 Å². The zero-order valence-corrected chi connectivity index (χ0v) is 10.0. The van der Waals surface area contributed by atoms with Gasteiger partial charge in [-0.1, -0.05) is 6.42 Å². The van der Waals surface area contributed by atoms with Gasteiger partial charge in [-0.3, -0.25) is 4.98 Å². The number of benzene rings is 1. The molecule has 18 heavy (non-hydrogen) atoms. The average Bonchev–Trinajstić information content (AvgIpc) is 2.39. The highest BCUT2D eigenvalue weighted by Crippen LogP contribution is 2.36. The van der Waals surface area contributed by atoms with Crippen molar-refractivity contribution in [3.8, 4) is 24.0 Å². The molecule has 1 aromatic heterocycles. The predicted octanol–water partition coefficient (Wildman–Crippen LogP) is 2.26. The molecule has 0 fully saturated rings. The maximum absolute atomic E-state index is 7.10. The molecule has 3 rings (SSSR count). The quantitative estimate of drug-likeness (QED) is 0.721. The van der Waals surface area contributed by atoms with Crippen molar-refractivity contribution in [1.29, 1.82) is 0 Å². The zero-order chi connectivity index (χ0) is 13.0. The molecule has 0 radical (unpaired) electrons. The summed E-state index contributed by atoms with van der Waals surface area (Å²) in [6.07, 6.45) is 5.40. The van der Waals surface area contributed by atoms with E-state index in [4.69, 9.17) is 14.6 Å². The Kier molecular flexibility index (Phi) is 3.54. The molecule has 4 heteroatoms. The van der Waals surface area contributed by atoms with Crippen LogP contribution < -0.4 is 9.47 Å². The van der Waals surface area contributed by atoms with Gasteiger partial charge in [-0.05, 0) is 31.2 Å². The number of aromatic nitrogens is 1. The molecule has 1 aliphatic heterocycles. The van der Waals surface area contributed by atoms with E-state index in [1.807, 2.05) is 31.2 Å². The van der Waals surface area contributed by atoms with Crippen molar-refractivity contribution in [2.24, 2.45) is 0 Å². The monoisotopic (exact) mass is 243 g/mol. The molecule has 2 aromatic rings. The molecular weight excluding hydrogens is 230 g/mol. The van der Waals surface area contributed by atoms with Crippen LogP contribution in [0.5, 0.6) is 11.5 Å². The standard InChI is InChI=1S/C12H11NO2.C2H2O/c1-8-2-3-9-10(13-8)4-5-11-12(9)15-7-6-14-11;1-2-3/h2-5H,6-7H2,1H3;1,3H. The van der Waals surface area contributed by atoms with Gasteiger partial charge in [0.25, 0.3) is 0 Å². The molecule has 0 unspecified atom stereocenters. The van der Waals surface area contributed by atoms with E-state index in [9.17, 15) is 0 Å². The van der Waals surface area contributed by atoms with Gasteiger partial charge >= 0.3 is 0 Å². The third-order valence-electron chi connectivity index (χ3n) is 2.51. The molecule has 0 aliphatic carbocycles. The fourth-order valence-electron chi connectivity index (χ4n) is 1.82. The molecule has 0 saturated carbocycles. The third kappa shape index (κ3) is 2.30. The molecule has 1 aromatic carbocycles. The van der Waals surface area contributed by atoms with Gasteiger partial charge in [-0.2, -0.15) is 0 Å². The maximum Gasteiger partial charge on any atom is 0.170 e. The Morgan fingerprint density at radius 3 is 2.72 bits per heavy atom. The molecule has 2 heterocycles. The Hall–Kier alpha value is -2.41. The summed E-state index contributed by atoms with van der Waals surface area (Å²) in [5.74, 6) is 1.64. The first-order valence-electron chi connectivity index (χ1n) is 5.52. The molecule has 0 saturated heterocycles. The van der Waals surface area contributed by atoms with Crippen LogP contribution in [-0.4, -0.2) is 23.3 Å². The van der Waals surface area contributed by atoms with Gasteiger partial charge in [-0.15, -0.1) is 0 Å². The number of hydrogen-bond acceptors (Lipinski definition) is 4. The highest BCUT2D eigenvalue weighted by atomic mass is 16.6. The molecule has 1 aliphatic rings. The van der Waals surface area contributed by atoms with Gasteiger partial charge in [0.1, 0.15) is 19.3 Å². The van der Waals surface area contributed by atoms with Crippen molar-refractivity contribution in [2.45, 2.75) is 6.92 Å². The Morgan fingerprint density at radius 2 is 1.94 bits per heavy atom. The van der Waals surface area contributed by atoms with E-state index in [-0.39, 0.29) is 0 Å². The van der Waals surface area contributed by atoms with Crippen molar-refractivity contribution in [3.05, 3.63) is 30.0 Å². The molecule has 0 atom stereocenters. The first kappa shape index (κ1) is 12.1. The second-order valence-corrected chi connectivity index (χ2v) is 3.74. The number of aliphatic hydroxyl groups is 1. The largest absolute Gasteiger partial charge is 0.486 e. The number of pyridine rings is 1. The van der Waals surface area contributed by atoms with Crippen LogP contribution in [-0.2, 0) is 0 Å². The lowest BCUT2D eigenvalue weighted by molar-refractivity contribution is 0.174. The molecule has 4 nitrogen and oxygen atoms in total. The number of fused-ring (bicyclic) bond motifs is 3. The van der Waals surface area contributed by atoms with Crippen LogP contribution in [0.4, 0.5) is 0 Å². The minimum atomic E-state index is 0.611. The summed E-state index contributed by atoms with van der Waals surface area (Å²) in [4.78, 5) is 4.45. The molecule has 0 bridgehead atoms. The number of terminal acetylenes is 1. The van der Waals surface area contributed by atoms with Crippen LogP contribution in [0.25, 0.3) is 10.9 Å². The Bertz CT molecular complexity index is 602. The van der Waals surface area contributed by atoms with Crippen LogP contribution in [0, 0.1) is 19.5 Å². The molecule has 92 valence electrons. The van der Waals surface area contributed by atoms with E-state index in [2.05, 4.69) is 11.4 Å². The number of aliphatic hydroxyl groups excluding tert-OH is 1. The van der Waals surface area contributed by atoms with Gasteiger partial charge in [0, 0.05) is 11.1 Å². The summed E-state index contributed by atoms with van der Waals surface area (Å²) in [5.41, 5.74) is 1.97. The van der Waals surface area contributed by atoms with Crippen LogP contribution >= 0.6 is 0 Å². The van der Waals surface area contributed by atoms with E-state index < -0.39 is 0 Å². The summed E-state index contributed by atoms with van der Waals surface area (Å²) in [6.45, 7) is 3.22. The number of ether oxygens (including phenoxy) is 2. The maximum atomic E-state index is 7.10. The highest BCUT2D eigenvalue weighted by Gasteiger charge is 2.14. The van der Waals surface area contributed by atoms with Crippen LogP contribution in [0.15, 0.2) is 24.3 Å². The zero-order valence-electron chi connectivity index (χ0n) is 10.0. The fourth-order valence-corrected chi connectivity index (χ4v) is 1.82. The van der Waals surface area contributed by atoms with Crippen molar-refractivity contribution < 1.29 is 14.6 Å². The fraction of sp³-hybridized carbons (Fsp3) is 0.214. The van der Waals surface area contributed by atoms with Gasteiger partial charge in [0.05, 0.1) is 5.52 Å². The summed E-state index contributed by atoms with van der Waals surface area (Å²) in [6, 6.07) is 7.91. The number of hydrogen-bond donors (Lipinski definition) is 1. The molecule has 0 spiro atoms. The average molecular weight is 243 g/mol. The van der Waals surface area contributed by atoms with Crippen LogP contribution in [0.3, 0.4) is 0 Å². The van der Waals surface area contributed by atoms with E-state index >= 15 is 0 Å².